The number of hydrogen-bond donors (Lipinski definition) is 2. The summed E-state index contributed by atoms with van der Waals surface area (Å²) in [6.45, 7) is 0. The Balaban J connectivity index is 1.63. The number of carbonyl (C=O) groups excluding carboxylic acids is 1. The highest BCUT2D eigenvalue weighted by molar-refractivity contribution is 7.20. The molecule has 0 radical (unpaired) electrons. The quantitative estimate of drug-likeness (QED) is 0.907. The van der Waals surface area contributed by atoms with Gasteiger partial charge in [-0.05, 0) is 30.7 Å². The zero-order chi connectivity index (χ0) is 14.8. The highest BCUT2D eigenvalue weighted by Gasteiger charge is 2.31. The molecule has 5 nitrogen and oxygen atoms in total. The fourth-order valence-electron chi connectivity index (χ4n) is 2.49. The third-order valence-electron chi connectivity index (χ3n) is 3.59. The van der Waals surface area contributed by atoms with Crippen LogP contribution in [0.3, 0.4) is 0 Å². The molecule has 2 N–H and O–H groups in total. The van der Waals surface area contributed by atoms with Gasteiger partial charge in [0, 0.05) is 11.4 Å². The number of amides is 1. The van der Waals surface area contributed by atoms with E-state index in [2.05, 4.69) is 10.3 Å². The largest absolute Gasteiger partial charge is 0.481 e. The van der Waals surface area contributed by atoms with Crippen LogP contribution >= 0.6 is 22.7 Å². The smallest absolute Gasteiger partial charge is 0.306 e. The number of carboxylic acids is 1. The zero-order valence-electron chi connectivity index (χ0n) is 11.1. The minimum absolute atomic E-state index is 0.0644. The van der Waals surface area contributed by atoms with Crippen molar-refractivity contribution in [3.63, 3.8) is 0 Å². The van der Waals surface area contributed by atoms with E-state index in [4.69, 9.17) is 5.11 Å². The molecule has 0 aromatic carbocycles. The van der Waals surface area contributed by atoms with E-state index in [1.807, 2.05) is 17.5 Å². The average molecular weight is 322 g/mol. The van der Waals surface area contributed by atoms with Crippen molar-refractivity contribution in [2.75, 3.05) is 0 Å². The van der Waals surface area contributed by atoms with Crippen LogP contribution in [0, 0.1) is 5.92 Å². The van der Waals surface area contributed by atoms with Crippen LogP contribution in [0.4, 0.5) is 0 Å². The molecular weight excluding hydrogens is 308 g/mol. The first-order valence-corrected chi connectivity index (χ1v) is 8.42. The molecule has 2 aromatic heterocycles. The van der Waals surface area contributed by atoms with E-state index in [0.717, 1.165) is 9.88 Å². The molecule has 7 heteroatoms. The van der Waals surface area contributed by atoms with E-state index in [-0.39, 0.29) is 17.9 Å². The monoisotopic (exact) mass is 322 g/mol. The van der Waals surface area contributed by atoms with Crippen LogP contribution in [0.2, 0.25) is 0 Å². The highest BCUT2D eigenvalue weighted by Crippen LogP contribution is 2.29. The number of aliphatic carboxylic acids is 1. The van der Waals surface area contributed by atoms with Crippen molar-refractivity contribution in [3.05, 3.63) is 28.6 Å². The zero-order valence-corrected chi connectivity index (χ0v) is 12.7. The molecule has 2 heterocycles. The molecule has 0 saturated heterocycles. The van der Waals surface area contributed by atoms with E-state index in [1.54, 1.807) is 16.7 Å². The Bertz CT molecular complexity index is 651. The number of aromatic nitrogens is 1. The number of nitrogens with one attached hydrogen (secondary N) is 1. The Morgan fingerprint density at radius 2 is 2.19 bits per heavy atom. The summed E-state index contributed by atoms with van der Waals surface area (Å²) >= 11 is 3.03. The van der Waals surface area contributed by atoms with Crippen molar-refractivity contribution in [3.8, 4) is 9.88 Å². The maximum absolute atomic E-state index is 12.1. The number of nitrogens with zero attached hydrogens (tertiary/aromatic N) is 1. The van der Waals surface area contributed by atoms with Crippen LogP contribution in [0.5, 0.6) is 0 Å². The van der Waals surface area contributed by atoms with Gasteiger partial charge in [-0.3, -0.25) is 9.59 Å². The van der Waals surface area contributed by atoms with E-state index in [1.165, 1.54) is 11.3 Å². The number of rotatable bonds is 4. The van der Waals surface area contributed by atoms with Crippen molar-refractivity contribution in [2.45, 2.75) is 25.3 Å². The van der Waals surface area contributed by atoms with Gasteiger partial charge in [0.1, 0.15) is 10.7 Å². The molecule has 1 aliphatic rings. The van der Waals surface area contributed by atoms with Gasteiger partial charge in [-0.15, -0.1) is 22.7 Å². The lowest BCUT2D eigenvalue weighted by Gasteiger charge is -2.10. The van der Waals surface area contributed by atoms with Gasteiger partial charge in [0.2, 0.25) is 0 Å². The van der Waals surface area contributed by atoms with Crippen molar-refractivity contribution >= 4 is 34.6 Å². The summed E-state index contributed by atoms with van der Waals surface area (Å²) < 4.78 is 0. The number of carbonyl (C=O) groups is 2. The molecule has 1 fully saturated rings. The van der Waals surface area contributed by atoms with Gasteiger partial charge in [0.25, 0.3) is 5.91 Å². The van der Waals surface area contributed by atoms with Gasteiger partial charge in [0.05, 0.1) is 10.8 Å². The summed E-state index contributed by atoms with van der Waals surface area (Å²) in [4.78, 5) is 28.5. The highest BCUT2D eigenvalue weighted by atomic mass is 32.1. The van der Waals surface area contributed by atoms with Crippen LogP contribution in [0.1, 0.15) is 29.8 Å². The molecule has 0 spiro atoms. The van der Waals surface area contributed by atoms with Crippen molar-refractivity contribution in [2.24, 2.45) is 5.92 Å². The molecule has 2 atom stereocenters. The second kappa shape index (κ2) is 5.95. The summed E-state index contributed by atoms with van der Waals surface area (Å²) in [5.41, 5.74) is 0.405. The molecule has 2 aromatic rings. The van der Waals surface area contributed by atoms with Gasteiger partial charge in [0.15, 0.2) is 0 Å². The second-order valence-electron chi connectivity index (χ2n) is 5.03. The van der Waals surface area contributed by atoms with Crippen molar-refractivity contribution < 1.29 is 14.7 Å². The Labute approximate surface area is 129 Å². The Kier molecular flexibility index (Phi) is 4.03. The number of thiazole rings is 1. The maximum atomic E-state index is 12.1. The third-order valence-corrected chi connectivity index (χ3v) is 5.47. The van der Waals surface area contributed by atoms with Crippen molar-refractivity contribution in [1.29, 1.82) is 0 Å². The first-order valence-electron chi connectivity index (χ1n) is 6.66. The lowest BCUT2D eigenvalue weighted by Crippen LogP contribution is -2.33. The molecule has 21 heavy (non-hydrogen) atoms. The van der Waals surface area contributed by atoms with E-state index in [0.29, 0.717) is 25.0 Å². The Morgan fingerprint density at radius 3 is 2.86 bits per heavy atom. The topological polar surface area (TPSA) is 79.3 Å². The molecule has 0 unspecified atom stereocenters. The molecule has 1 saturated carbocycles. The predicted octanol–water partition coefficient (Wildman–Crippen LogP) is 2.85. The van der Waals surface area contributed by atoms with Gasteiger partial charge in [-0.25, -0.2) is 4.98 Å². The second-order valence-corrected chi connectivity index (χ2v) is 6.84. The Hall–Kier alpha value is -1.73. The SMILES string of the molecule is O=C(N[C@@H]1CC[C@H](C(=O)O)C1)c1csc(-c2cccs2)n1. The molecule has 3 rings (SSSR count). The number of thiophene rings is 1. The van der Waals surface area contributed by atoms with Crippen LogP contribution in [0.25, 0.3) is 9.88 Å². The summed E-state index contributed by atoms with van der Waals surface area (Å²) in [6.07, 6.45) is 1.84. The van der Waals surface area contributed by atoms with Gasteiger partial charge in [-0.1, -0.05) is 6.07 Å². The lowest BCUT2D eigenvalue weighted by molar-refractivity contribution is -0.141. The standard InChI is InChI=1S/C14H14N2O3S2/c17-12(15-9-4-3-8(6-9)14(18)19)10-7-21-13(16-10)11-2-1-5-20-11/h1-2,5,7-9H,3-4,6H2,(H,15,17)(H,18,19)/t8-,9+/m0/s1. The first-order chi connectivity index (χ1) is 10.1. The predicted molar refractivity (Wildman–Crippen MR) is 81.7 cm³/mol. The Morgan fingerprint density at radius 1 is 1.33 bits per heavy atom. The lowest BCUT2D eigenvalue weighted by atomic mass is 10.1. The van der Waals surface area contributed by atoms with E-state index < -0.39 is 5.97 Å². The molecule has 1 amide bonds. The van der Waals surface area contributed by atoms with Crippen LogP contribution in [0.15, 0.2) is 22.9 Å². The van der Waals surface area contributed by atoms with Crippen LogP contribution < -0.4 is 5.32 Å². The van der Waals surface area contributed by atoms with E-state index in [9.17, 15) is 9.59 Å². The fourth-order valence-corrected chi connectivity index (χ4v) is 4.10. The third kappa shape index (κ3) is 3.14. The van der Waals surface area contributed by atoms with Crippen LogP contribution in [-0.4, -0.2) is 28.0 Å². The fraction of sp³-hybridized carbons (Fsp3) is 0.357. The number of carboxylic acid groups (broad SMARTS) is 1. The molecule has 0 aliphatic heterocycles. The summed E-state index contributed by atoms with van der Waals surface area (Å²) in [7, 11) is 0. The molecule has 110 valence electrons. The number of hydrogen-bond acceptors (Lipinski definition) is 5. The van der Waals surface area contributed by atoms with Crippen LogP contribution in [-0.2, 0) is 4.79 Å². The first kappa shape index (κ1) is 14.2. The molecular formula is C14H14N2O3S2. The maximum Gasteiger partial charge on any atom is 0.306 e. The molecule has 1 aliphatic carbocycles. The van der Waals surface area contributed by atoms with Crippen molar-refractivity contribution in [1.82, 2.24) is 10.3 Å². The molecule has 0 bridgehead atoms. The summed E-state index contributed by atoms with van der Waals surface area (Å²) in [5.74, 6) is -1.34. The van der Waals surface area contributed by atoms with Gasteiger partial charge >= 0.3 is 5.97 Å². The normalized spacial score (nSPS) is 21.3. The van der Waals surface area contributed by atoms with Gasteiger partial charge in [-0.2, -0.15) is 0 Å². The van der Waals surface area contributed by atoms with E-state index >= 15 is 0 Å². The minimum Gasteiger partial charge on any atom is -0.481 e. The summed E-state index contributed by atoms with van der Waals surface area (Å²) in [5, 5.41) is 16.4. The summed E-state index contributed by atoms with van der Waals surface area (Å²) in [6, 6.07) is 3.86. The van der Waals surface area contributed by atoms with Gasteiger partial charge < -0.3 is 10.4 Å². The average Bonchev–Trinajstić information content (AvgIpc) is 3.19. The minimum atomic E-state index is -0.777.